The van der Waals surface area contributed by atoms with Gasteiger partial charge in [0.1, 0.15) is 5.01 Å². The summed E-state index contributed by atoms with van der Waals surface area (Å²) in [5.74, 6) is 0. The Kier molecular flexibility index (Phi) is 5.48. The molecule has 0 aliphatic heterocycles. The number of rotatable bonds is 5. The van der Waals surface area contributed by atoms with Crippen LogP contribution in [-0.4, -0.2) is 11.5 Å². The smallest absolute Gasteiger partial charge is 0.109 e. The lowest BCUT2D eigenvalue weighted by Gasteiger charge is -2.13. The summed E-state index contributed by atoms with van der Waals surface area (Å²) in [6, 6.07) is 0.264. The molecule has 2 nitrogen and oxygen atoms in total. The van der Waals surface area contributed by atoms with Gasteiger partial charge in [-0.25, -0.2) is 4.98 Å². The number of thiazole rings is 1. The number of nitrogens with one attached hydrogen (secondary N) is 1. The average molecular weight is 251 g/mol. The van der Waals surface area contributed by atoms with E-state index < -0.39 is 0 Å². The topological polar surface area (TPSA) is 24.9 Å². The van der Waals surface area contributed by atoms with Crippen molar-refractivity contribution >= 4 is 34.5 Å². The molecule has 1 heterocycles. The van der Waals surface area contributed by atoms with E-state index in [9.17, 15) is 0 Å². The summed E-state index contributed by atoms with van der Waals surface area (Å²) in [7, 11) is 0. The van der Waals surface area contributed by atoms with Crippen molar-refractivity contribution in [3.8, 4) is 0 Å². The molecule has 0 aromatic carbocycles. The Balaban J connectivity index is 2.48. The molecule has 78 valence electrons. The average Bonchev–Trinajstić information content (AvgIpc) is 2.72. The monoisotopic (exact) mass is 250 g/mol. The second-order valence-corrected chi connectivity index (χ2v) is 4.40. The van der Waals surface area contributed by atoms with Gasteiger partial charge in [-0.3, -0.25) is 0 Å². The number of aromatic nitrogens is 1. The molecule has 0 amide bonds. The first-order valence-electron chi connectivity index (χ1n) is 4.35. The highest BCUT2D eigenvalue weighted by molar-refractivity contribution is 7.09. The van der Waals surface area contributed by atoms with Gasteiger partial charge >= 0.3 is 0 Å². The van der Waals surface area contributed by atoms with Gasteiger partial charge in [-0.05, 0) is 6.42 Å². The Labute approximate surface area is 97.9 Å². The Morgan fingerprint density at radius 3 is 3.07 bits per heavy atom. The van der Waals surface area contributed by atoms with Gasteiger partial charge in [-0.2, -0.15) is 0 Å². The lowest BCUT2D eigenvalue weighted by atomic mass is 10.2. The van der Waals surface area contributed by atoms with Crippen molar-refractivity contribution in [2.45, 2.75) is 19.4 Å². The first-order chi connectivity index (χ1) is 6.77. The quantitative estimate of drug-likeness (QED) is 0.866. The number of nitrogens with zero attached hydrogens (tertiary/aromatic N) is 1. The first-order valence-corrected chi connectivity index (χ1v) is 6.04. The molecule has 0 radical (unpaired) electrons. The summed E-state index contributed by atoms with van der Waals surface area (Å²) in [6.07, 6.45) is 2.79. The highest BCUT2D eigenvalue weighted by atomic mass is 35.5. The molecule has 1 rings (SSSR count). The summed E-state index contributed by atoms with van der Waals surface area (Å²) in [5.41, 5.74) is 1.38. The Bertz CT molecular complexity index is 285. The van der Waals surface area contributed by atoms with Gasteiger partial charge in [-0.1, -0.05) is 30.1 Å². The molecule has 1 aromatic rings. The molecule has 0 aliphatic carbocycles. The zero-order chi connectivity index (χ0) is 10.4. The molecule has 0 fully saturated rings. The minimum absolute atomic E-state index is 0.264. The Hall–Kier alpha value is -0.0900. The third kappa shape index (κ3) is 3.58. The summed E-state index contributed by atoms with van der Waals surface area (Å²) in [6.45, 7) is 2.69. The molecule has 0 bridgehead atoms. The Morgan fingerprint density at radius 1 is 1.79 bits per heavy atom. The van der Waals surface area contributed by atoms with Crippen molar-refractivity contribution in [3.05, 3.63) is 27.2 Å². The van der Waals surface area contributed by atoms with Gasteiger partial charge in [0.15, 0.2) is 0 Å². The fourth-order valence-corrected chi connectivity index (χ4v) is 2.02. The van der Waals surface area contributed by atoms with E-state index in [4.69, 9.17) is 23.2 Å². The minimum atomic E-state index is 0.264. The van der Waals surface area contributed by atoms with Gasteiger partial charge in [0, 0.05) is 28.7 Å². The van der Waals surface area contributed by atoms with Crippen LogP contribution in [0.1, 0.15) is 24.4 Å². The zero-order valence-corrected chi connectivity index (χ0v) is 10.2. The highest BCUT2D eigenvalue weighted by Gasteiger charge is 2.10. The largest absolute Gasteiger partial charge is 0.303 e. The summed E-state index contributed by atoms with van der Waals surface area (Å²) < 4.78 is 0. The number of halogens is 2. The van der Waals surface area contributed by atoms with Gasteiger partial charge in [-0.15, -0.1) is 11.3 Å². The van der Waals surface area contributed by atoms with E-state index in [-0.39, 0.29) is 6.04 Å². The van der Waals surface area contributed by atoms with Crippen molar-refractivity contribution < 1.29 is 0 Å². The van der Waals surface area contributed by atoms with Crippen molar-refractivity contribution in [2.24, 2.45) is 0 Å². The van der Waals surface area contributed by atoms with Gasteiger partial charge < -0.3 is 5.32 Å². The van der Waals surface area contributed by atoms with Crippen molar-refractivity contribution in [1.29, 1.82) is 0 Å². The first kappa shape index (κ1) is 12.0. The third-order valence-electron chi connectivity index (χ3n) is 1.79. The standard InChI is InChI=1S/C9H12Cl2N2S/c1-2-8(9-12-3-4-14-9)13-6-7(11)5-10/h3-5,8,13H,2,6H2,1H3. The molecule has 1 N–H and O–H groups in total. The van der Waals surface area contributed by atoms with Crippen LogP contribution < -0.4 is 5.32 Å². The summed E-state index contributed by atoms with van der Waals surface area (Å²) in [5, 5.41) is 6.96. The van der Waals surface area contributed by atoms with Crippen molar-refractivity contribution in [2.75, 3.05) is 6.54 Å². The van der Waals surface area contributed by atoms with Crippen LogP contribution in [0.4, 0.5) is 0 Å². The van der Waals surface area contributed by atoms with Crippen LogP contribution in [0.15, 0.2) is 22.1 Å². The molecule has 1 aromatic heterocycles. The van der Waals surface area contributed by atoms with E-state index in [0.717, 1.165) is 11.4 Å². The van der Waals surface area contributed by atoms with Crippen molar-refractivity contribution in [3.63, 3.8) is 0 Å². The zero-order valence-electron chi connectivity index (χ0n) is 7.84. The molecule has 1 unspecified atom stereocenters. The predicted molar refractivity (Wildman–Crippen MR) is 62.9 cm³/mol. The van der Waals surface area contributed by atoms with Crippen LogP contribution in [0.25, 0.3) is 0 Å². The van der Waals surface area contributed by atoms with E-state index in [0.29, 0.717) is 11.6 Å². The maximum absolute atomic E-state index is 5.78. The Morgan fingerprint density at radius 2 is 2.57 bits per heavy atom. The molecule has 0 spiro atoms. The molecule has 0 aliphatic rings. The molecule has 0 saturated carbocycles. The van der Waals surface area contributed by atoms with Gasteiger partial charge in [0.05, 0.1) is 6.04 Å². The molecule has 14 heavy (non-hydrogen) atoms. The van der Waals surface area contributed by atoms with E-state index in [1.807, 2.05) is 11.6 Å². The SMILES string of the molecule is CCC(NCC(Cl)=CCl)c1nccs1. The third-order valence-corrected chi connectivity index (χ3v) is 3.30. The molecule has 5 heteroatoms. The lowest BCUT2D eigenvalue weighted by molar-refractivity contribution is 0.546. The van der Waals surface area contributed by atoms with Crippen molar-refractivity contribution in [1.82, 2.24) is 10.3 Å². The van der Waals surface area contributed by atoms with E-state index in [1.165, 1.54) is 5.54 Å². The fourth-order valence-electron chi connectivity index (χ4n) is 1.07. The maximum atomic E-state index is 5.78. The normalized spacial score (nSPS) is 14.4. The fraction of sp³-hybridized carbons (Fsp3) is 0.444. The minimum Gasteiger partial charge on any atom is -0.303 e. The predicted octanol–water partition coefficient (Wildman–Crippen LogP) is 3.50. The lowest BCUT2D eigenvalue weighted by Crippen LogP contribution is -2.21. The van der Waals surface area contributed by atoms with Crippen LogP contribution in [0.2, 0.25) is 0 Å². The number of hydrogen-bond donors (Lipinski definition) is 1. The summed E-state index contributed by atoms with van der Waals surface area (Å²) in [4.78, 5) is 4.25. The van der Waals surface area contributed by atoms with Crippen LogP contribution in [-0.2, 0) is 0 Å². The van der Waals surface area contributed by atoms with E-state index in [2.05, 4.69) is 17.2 Å². The van der Waals surface area contributed by atoms with Crippen LogP contribution in [0.5, 0.6) is 0 Å². The second kappa shape index (κ2) is 6.40. The van der Waals surface area contributed by atoms with Crippen LogP contribution >= 0.6 is 34.5 Å². The highest BCUT2D eigenvalue weighted by Crippen LogP contribution is 2.19. The second-order valence-electron chi connectivity index (χ2n) is 2.77. The van der Waals surface area contributed by atoms with E-state index in [1.54, 1.807) is 11.3 Å². The van der Waals surface area contributed by atoms with Crippen LogP contribution in [0, 0.1) is 0 Å². The van der Waals surface area contributed by atoms with Gasteiger partial charge in [0.25, 0.3) is 0 Å². The van der Waals surface area contributed by atoms with Crippen LogP contribution in [0.3, 0.4) is 0 Å². The number of hydrogen-bond acceptors (Lipinski definition) is 3. The molecular formula is C9H12Cl2N2S. The molecule has 0 saturated heterocycles. The maximum Gasteiger partial charge on any atom is 0.109 e. The molecule has 1 atom stereocenters. The van der Waals surface area contributed by atoms with Gasteiger partial charge in [0.2, 0.25) is 0 Å². The molecular weight excluding hydrogens is 239 g/mol. The van der Waals surface area contributed by atoms with E-state index >= 15 is 0 Å². The summed E-state index contributed by atoms with van der Waals surface area (Å²) >= 11 is 12.9.